The minimum Gasteiger partial charge on any atom is -0.393 e. The highest BCUT2D eigenvalue weighted by molar-refractivity contribution is 7.99. The van der Waals surface area contributed by atoms with Gasteiger partial charge in [-0.05, 0) is 31.6 Å². The molecule has 1 aliphatic heterocycles. The van der Waals surface area contributed by atoms with Gasteiger partial charge in [0, 0.05) is 18.3 Å². The van der Waals surface area contributed by atoms with E-state index in [0.717, 1.165) is 5.75 Å². The lowest BCUT2D eigenvalue weighted by atomic mass is 10.0. The van der Waals surface area contributed by atoms with E-state index in [2.05, 4.69) is 10.2 Å². The van der Waals surface area contributed by atoms with Crippen LogP contribution in [0.1, 0.15) is 26.7 Å². The fourth-order valence-electron chi connectivity index (χ4n) is 1.97. The van der Waals surface area contributed by atoms with Crippen LogP contribution in [0, 0.1) is 5.92 Å². The van der Waals surface area contributed by atoms with E-state index < -0.39 is 0 Å². The summed E-state index contributed by atoms with van der Waals surface area (Å²) in [7, 11) is 2.01. The third kappa shape index (κ3) is 5.59. The number of carbonyl (C=O) groups is 1. The third-order valence-corrected chi connectivity index (χ3v) is 4.60. The van der Waals surface area contributed by atoms with E-state index in [1.807, 2.05) is 32.7 Å². The number of aliphatic hydroxyl groups excluding tert-OH is 1. The molecule has 2 N–H and O–H groups in total. The number of amides is 1. The number of rotatable bonds is 7. The quantitative estimate of drug-likeness (QED) is 0.726. The van der Waals surface area contributed by atoms with E-state index in [-0.39, 0.29) is 17.9 Å². The number of nitrogens with one attached hydrogen (secondary N) is 1. The zero-order chi connectivity index (χ0) is 13.5. The standard InChI is InChI=1S/C13H26N2O2S/c1-10(2)12(16)4-6-14-13(17)8-15(3)11-5-7-18-9-11/h10-12,16H,4-9H2,1-3H3,(H,14,17). The predicted octanol–water partition coefficient (Wildman–Crippen LogP) is 0.947. The van der Waals surface area contributed by atoms with Gasteiger partial charge in [0.05, 0.1) is 12.6 Å². The maximum Gasteiger partial charge on any atom is 0.234 e. The van der Waals surface area contributed by atoms with Gasteiger partial charge >= 0.3 is 0 Å². The molecule has 0 aromatic carbocycles. The lowest BCUT2D eigenvalue weighted by Crippen LogP contribution is -2.41. The summed E-state index contributed by atoms with van der Waals surface area (Å²) in [6, 6.07) is 0.544. The molecule has 0 aromatic rings. The Hall–Kier alpha value is -0.260. The number of hydrogen-bond acceptors (Lipinski definition) is 4. The summed E-state index contributed by atoms with van der Waals surface area (Å²) in [5.74, 6) is 2.65. The lowest BCUT2D eigenvalue weighted by molar-refractivity contribution is -0.122. The highest BCUT2D eigenvalue weighted by atomic mass is 32.2. The smallest absolute Gasteiger partial charge is 0.234 e. The zero-order valence-electron chi connectivity index (χ0n) is 11.7. The van der Waals surface area contributed by atoms with Crippen molar-refractivity contribution in [2.45, 2.75) is 38.8 Å². The van der Waals surface area contributed by atoms with Crippen molar-refractivity contribution in [1.29, 1.82) is 0 Å². The first-order valence-corrected chi connectivity index (χ1v) is 7.89. The van der Waals surface area contributed by atoms with Gasteiger partial charge in [-0.15, -0.1) is 0 Å². The molecule has 1 rings (SSSR count). The van der Waals surface area contributed by atoms with Gasteiger partial charge in [0.25, 0.3) is 0 Å². The van der Waals surface area contributed by atoms with Gasteiger partial charge in [-0.25, -0.2) is 0 Å². The second-order valence-corrected chi connectivity index (χ2v) is 6.53. The minimum atomic E-state index is -0.325. The molecule has 1 heterocycles. The Morgan fingerprint density at radius 1 is 1.56 bits per heavy atom. The van der Waals surface area contributed by atoms with E-state index in [4.69, 9.17) is 0 Å². The number of carbonyl (C=O) groups excluding carboxylic acids is 1. The molecule has 1 amide bonds. The van der Waals surface area contributed by atoms with E-state index in [1.54, 1.807) is 0 Å². The Balaban J connectivity index is 2.13. The van der Waals surface area contributed by atoms with Gasteiger partial charge in [-0.2, -0.15) is 11.8 Å². The summed E-state index contributed by atoms with van der Waals surface area (Å²) < 4.78 is 0. The van der Waals surface area contributed by atoms with E-state index in [9.17, 15) is 9.90 Å². The average molecular weight is 274 g/mol. The van der Waals surface area contributed by atoms with Crippen LogP contribution in [0.25, 0.3) is 0 Å². The van der Waals surface area contributed by atoms with Crippen LogP contribution in [0.5, 0.6) is 0 Å². The van der Waals surface area contributed by atoms with Gasteiger partial charge < -0.3 is 10.4 Å². The van der Waals surface area contributed by atoms with Crippen LogP contribution in [0.15, 0.2) is 0 Å². The Morgan fingerprint density at radius 2 is 2.28 bits per heavy atom. The van der Waals surface area contributed by atoms with Crippen molar-refractivity contribution < 1.29 is 9.90 Å². The second-order valence-electron chi connectivity index (χ2n) is 5.38. The summed E-state index contributed by atoms with van der Waals surface area (Å²) in [4.78, 5) is 13.9. The first kappa shape index (κ1) is 15.8. The number of aliphatic hydroxyl groups is 1. The van der Waals surface area contributed by atoms with Crippen LogP contribution in [0.3, 0.4) is 0 Å². The van der Waals surface area contributed by atoms with Crippen LogP contribution >= 0.6 is 11.8 Å². The summed E-state index contributed by atoms with van der Waals surface area (Å²) in [6.07, 6.45) is 1.49. The van der Waals surface area contributed by atoms with E-state index >= 15 is 0 Å². The Kier molecular flexibility index (Phi) is 7.04. The molecule has 18 heavy (non-hydrogen) atoms. The van der Waals surface area contributed by atoms with Crippen molar-refractivity contribution in [3.63, 3.8) is 0 Å². The van der Waals surface area contributed by atoms with Crippen LogP contribution in [-0.4, -0.2) is 59.7 Å². The van der Waals surface area contributed by atoms with Gasteiger partial charge in [-0.3, -0.25) is 9.69 Å². The van der Waals surface area contributed by atoms with Gasteiger partial charge in [0.1, 0.15) is 0 Å². The molecule has 2 unspecified atom stereocenters. The molecule has 0 radical (unpaired) electrons. The molecule has 1 saturated heterocycles. The summed E-state index contributed by atoms with van der Waals surface area (Å²) >= 11 is 1.96. The fraction of sp³-hybridized carbons (Fsp3) is 0.923. The maximum atomic E-state index is 11.7. The van der Waals surface area contributed by atoms with Crippen LogP contribution in [0.4, 0.5) is 0 Å². The number of nitrogens with zero attached hydrogens (tertiary/aromatic N) is 1. The molecule has 0 aliphatic carbocycles. The largest absolute Gasteiger partial charge is 0.393 e. The highest BCUT2D eigenvalue weighted by Crippen LogP contribution is 2.20. The van der Waals surface area contributed by atoms with Crippen molar-refractivity contribution in [1.82, 2.24) is 10.2 Å². The molecular weight excluding hydrogens is 248 g/mol. The average Bonchev–Trinajstić information content (AvgIpc) is 2.81. The van der Waals surface area contributed by atoms with Gasteiger partial charge in [0.2, 0.25) is 5.91 Å². The van der Waals surface area contributed by atoms with Gasteiger partial charge in [0.15, 0.2) is 0 Å². The summed E-state index contributed by atoms with van der Waals surface area (Å²) in [6.45, 7) is 4.99. The van der Waals surface area contributed by atoms with Crippen LogP contribution in [-0.2, 0) is 4.79 Å². The van der Waals surface area contributed by atoms with Crippen molar-refractivity contribution in [2.75, 3.05) is 31.6 Å². The SMILES string of the molecule is CC(C)C(O)CCNC(=O)CN(C)C1CCSC1. The minimum absolute atomic E-state index is 0.0605. The fourth-order valence-corrected chi connectivity index (χ4v) is 3.27. The monoisotopic (exact) mass is 274 g/mol. The van der Waals surface area contributed by atoms with Crippen molar-refractivity contribution in [3.05, 3.63) is 0 Å². The topological polar surface area (TPSA) is 52.6 Å². The highest BCUT2D eigenvalue weighted by Gasteiger charge is 2.21. The molecule has 106 valence electrons. The van der Waals surface area contributed by atoms with Gasteiger partial charge in [-0.1, -0.05) is 13.8 Å². The molecule has 1 fully saturated rings. The lowest BCUT2D eigenvalue weighted by Gasteiger charge is -2.23. The normalized spacial score (nSPS) is 21.6. The van der Waals surface area contributed by atoms with E-state index in [0.29, 0.717) is 25.6 Å². The molecule has 0 bridgehead atoms. The number of thioether (sulfide) groups is 1. The van der Waals surface area contributed by atoms with Crippen molar-refractivity contribution in [2.24, 2.45) is 5.92 Å². The molecule has 0 saturated carbocycles. The zero-order valence-corrected chi connectivity index (χ0v) is 12.5. The predicted molar refractivity (Wildman–Crippen MR) is 76.8 cm³/mol. The Morgan fingerprint density at radius 3 is 2.83 bits per heavy atom. The number of hydrogen-bond donors (Lipinski definition) is 2. The molecule has 2 atom stereocenters. The molecule has 5 heteroatoms. The third-order valence-electron chi connectivity index (χ3n) is 3.45. The van der Waals surface area contributed by atoms with E-state index in [1.165, 1.54) is 12.2 Å². The first-order valence-electron chi connectivity index (χ1n) is 6.73. The van der Waals surface area contributed by atoms with Crippen LogP contribution < -0.4 is 5.32 Å². The Labute approximate surface area is 115 Å². The maximum absolute atomic E-state index is 11.7. The second kappa shape index (κ2) is 8.02. The van der Waals surface area contributed by atoms with Crippen molar-refractivity contribution in [3.8, 4) is 0 Å². The van der Waals surface area contributed by atoms with Crippen LogP contribution in [0.2, 0.25) is 0 Å². The molecule has 0 spiro atoms. The molecular formula is C13H26N2O2S. The summed E-state index contributed by atoms with van der Waals surface area (Å²) in [5.41, 5.74) is 0. The number of likely N-dealkylation sites (N-methyl/N-ethyl adjacent to an activating group) is 1. The molecule has 1 aliphatic rings. The Bertz CT molecular complexity index is 255. The van der Waals surface area contributed by atoms with Crippen molar-refractivity contribution >= 4 is 17.7 Å². The molecule has 0 aromatic heterocycles. The molecule has 4 nitrogen and oxygen atoms in total. The summed E-state index contributed by atoms with van der Waals surface area (Å²) in [5, 5.41) is 12.5. The first-order chi connectivity index (χ1) is 8.50.